The summed E-state index contributed by atoms with van der Waals surface area (Å²) in [4.78, 5) is 6.80. The molecule has 1 saturated heterocycles. The number of hydrogen-bond acceptors (Lipinski definition) is 3. The maximum Gasteiger partial charge on any atom is 0.174 e. The monoisotopic (exact) mass is 416 g/mol. The third kappa shape index (κ3) is 3.32. The highest BCUT2D eigenvalue weighted by Gasteiger charge is 2.27. The van der Waals surface area contributed by atoms with Crippen molar-refractivity contribution < 1.29 is 4.39 Å². The van der Waals surface area contributed by atoms with Crippen molar-refractivity contribution in [1.29, 1.82) is 0 Å². The second kappa shape index (κ2) is 7.62. The molecule has 0 bridgehead atoms. The van der Waals surface area contributed by atoms with Crippen LogP contribution in [-0.4, -0.2) is 27.7 Å². The van der Waals surface area contributed by atoms with Crippen LogP contribution in [0.2, 0.25) is 10.2 Å². The Morgan fingerprint density at radius 3 is 2.64 bits per heavy atom. The van der Waals surface area contributed by atoms with Crippen LogP contribution in [0.4, 0.5) is 10.2 Å². The fourth-order valence-corrected chi connectivity index (χ4v) is 4.14. The van der Waals surface area contributed by atoms with E-state index in [2.05, 4.69) is 33.7 Å². The molecule has 0 unspecified atom stereocenters. The molecule has 3 heterocycles. The Hall–Kier alpha value is -2.29. The maximum atomic E-state index is 13.6. The molecule has 4 rings (SSSR count). The third-order valence-corrected chi connectivity index (χ3v) is 5.71. The topological polar surface area (TPSA) is 33.4 Å². The lowest BCUT2D eigenvalue weighted by Gasteiger charge is -2.33. The smallest absolute Gasteiger partial charge is 0.174 e. The molecule has 7 heteroatoms. The normalized spacial score (nSPS) is 15.0. The summed E-state index contributed by atoms with van der Waals surface area (Å²) < 4.78 is 15.4. The zero-order valence-corrected chi connectivity index (χ0v) is 17.1. The fourth-order valence-electron chi connectivity index (χ4n) is 3.61. The SMILES string of the molecule is CC#Cc1cnn2c(N3CCC(C)CC3)c(-c3ccc(F)cc3Cl)c(Cl)nc12. The van der Waals surface area contributed by atoms with Gasteiger partial charge in [-0.25, -0.2) is 9.37 Å². The lowest BCUT2D eigenvalue weighted by Crippen LogP contribution is -2.34. The minimum absolute atomic E-state index is 0.287. The summed E-state index contributed by atoms with van der Waals surface area (Å²) in [5.74, 6) is 7.00. The first-order chi connectivity index (χ1) is 13.5. The minimum atomic E-state index is -0.396. The van der Waals surface area contributed by atoms with Crippen molar-refractivity contribution >= 4 is 34.7 Å². The first-order valence-corrected chi connectivity index (χ1v) is 9.95. The summed E-state index contributed by atoms with van der Waals surface area (Å²) >= 11 is 13.0. The predicted octanol–water partition coefficient (Wildman–Crippen LogP) is 5.45. The first-order valence-electron chi connectivity index (χ1n) is 9.20. The van der Waals surface area contributed by atoms with E-state index in [4.69, 9.17) is 23.2 Å². The van der Waals surface area contributed by atoms with Gasteiger partial charge in [0.15, 0.2) is 5.65 Å². The molecule has 2 aromatic heterocycles. The summed E-state index contributed by atoms with van der Waals surface area (Å²) in [6.45, 7) is 5.77. The molecule has 0 radical (unpaired) electrons. The molecule has 1 aliphatic heterocycles. The molecule has 0 saturated carbocycles. The second-order valence-corrected chi connectivity index (χ2v) is 7.83. The lowest BCUT2D eigenvalue weighted by molar-refractivity contribution is 0.435. The summed E-state index contributed by atoms with van der Waals surface area (Å²) in [5.41, 5.74) is 2.62. The highest BCUT2D eigenvalue weighted by molar-refractivity contribution is 6.36. The van der Waals surface area contributed by atoms with Crippen molar-refractivity contribution in [2.75, 3.05) is 18.0 Å². The van der Waals surface area contributed by atoms with Gasteiger partial charge in [-0.05, 0) is 43.9 Å². The van der Waals surface area contributed by atoms with Crippen molar-refractivity contribution in [2.24, 2.45) is 5.92 Å². The van der Waals surface area contributed by atoms with Crippen molar-refractivity contribution in [2.45, 2.75) is 26.7 Å². The van der Waals surface area contributed by atoms with Crippen LogP contribution >= 0.6 is 23.2 Å². The summed E-state index contributed by atoms with van der Waals surface area (Å²) in [6.07, 6.45) is 3.84. The Balaban J connectivity index is 2.01. The van der Waals surface area contributed by atoms with E-state index >= 15 is 0 Å². The van der Waals surface area contributed by atoms with Crippen molar-refractivity contribution in [1.82, 2.24) is 14.6 Å². The van der Waals surface area contributed by atoms with E-state index in [9.17, 15) is 4.39 Å². The first kappa shape index (κ1) is 19.0. The maximum absolute atomic E-state index is 13.6. The van der Waals surface area contributed by atoms with Gasteiger partial charge in [-0.2, -0.15) is 9.61 Å². The van der Waals surface area contributed by atoms with E-state index in [1.165, 1.54) is 12.1 Å². The van der Waals surface area contributed by atoms with Gasteiger partial charge in [0.2, 0.25) is 0 Å². The number of anilines is 1. The molecule has 3 aromatic rings. The number of hydrogen-bond donors (Lipinski definition) is 0. The van der Waals surface area contributed by atoms with Crippen LogP contribution in [0.25, 0.3) is 16.8 Å². The van der Waals surface area contributed by atoms with Gasteiger partial charge in [-0.3, -0.25) is 0 Å². The average molecular weight is 417 g/mol. The zero-order valence-electron chi connectivity index (χ0n) is 15.6. The van der Waals surface area contributed by atoms with Crippen LogP contribution in [0.15, 0.2) is 24.4 Å². The average Bonchev–Trinajstić information content (AvgIpc) is 3.05. The van der Waals surface area contributed by atoms with E-state index < -0.39 is 5.82 Å². The molecule has 1 aliphatic rings. The van der Waals surface area contributed by atoms with E-state index in [1.54, 1.807) is 23.7 Å². The number of benzene rings is 1. The molecular formula is C21H19Cl2FN4. The van der Waals surface area contributed by atoms with Gasteiger partial charge in [0.05, 0.1) is 22.3 Å². The second-order valence-electron chi connectivity index (χ2n) is 7.06. The van der Waals surface area contributed by atoms with Crippen molar-refractivity contribution in [3.05, 3.63) is 46.0 Å². The molecule has 4 nitrogen and oxygen atoms in total. The molecule has 0 amide bonds. The Kier molecular flexibility index (Phi) is 5.18. The Bertz CT molecular complexity index is 1110. The van der Waals surface area contributed by atoms with Gasteiger partial charge in [-0.1, -0.05) is 36.0 Å². The number of halogens is 3. The molecule has 1 fully saturated rings. The number of aromatic nitrogens is 3. The molecule has 0 atom stereocenters. The van der Waals surface area contributed by atoms with Gasteiger partial charge in [0.25, 0.3) is 0 Å². The Labute approximate surface area is 173 Å². The van der Waals surface area contributed by atoms with Crippen LogP contribution in [0, 0.1) is 23.6 Å². The van der Waals surface area contributed by atoms with Crippen LogP contribution in [0.1, 0.15) is 32.3 Å². The molecule has 0 N–H and O–H groups in total. The quantitative estimate of drug-likeness (QED) is 0.411. The summed E-state index contributed by atoms with van der Waals surface area (Å²) in [5, 5.41) is 5.13. The van der Waals surface area contributed by atoms with Gasteiger partial charge >= 0.3 is 0 Å². The number of fused-ring (bicyclic) bond motifs is 1. The van der Waals surface area contributed by atoms with E-state index in [0.717, 1.165) is 31.7 Å². The molecule has 1 aromatic carbocycles. The number of rotatable bonds is 2. The highest BCUT2D eigenvalue weighted by Crippen LogP contribution is 2.41. The number of nitrogens with zero attached hydrogens (tertiary/aromatic N) is 4. The zero-order chi connectivity index (χ0) is 19.8. The van der Waals surface area contributed by atoms with E-state index in [-0.39, 0.29) is 5.02 Å². The summed E-state index contributed by atoms with van der Waals surface area (Å²) in [6, 6.07) is 4.30. The fraction of sp³-hybridized carbons (Fsp3) is 0.333. The Morgan fingerprint density at radius 1 is 1.21 bits per heavy atom. The lowest BCUT2D eigenvalue weighted by atomic mass is 9.98. The highest BCUT2D eigenvalue weighted by atomic mass is 35.5. The predicted molar refractivity (Wildman–Crippen MR) is 112 cm³/mol. The van der Waals surface area contributed by atoms with E-state index in [1.807, 2.05) is 0 Å². The van der Waals surface area contributed by atoms with Gasteiger partial charge in [0, 0.05) is 18.7 Å². The van der Waals surface area contributed by atoms with Gasteiger partial charge < -0.3 is 4.90 Å². The van der Waals surface area contributed by atoms with Crippen LogP contribution < -0.4 is 4.90 Å². The molecule has 0 aliphatic carbocycles. The van der Waals surface area contributed by atoms with Crippen molar-refractivity contribution in [3.8, 4) is 23.0 Å². The molecular weight excluding hydrogens is 398 g/mol. The Morgan fingerprint density at radius 2 is 1.96 bits per heavy atom. The largest absolute Gasteiger partial charge is 0.356 e. The summed E-state index contributed by atoms with van der Waals surface area (Å²) in [7, 11) is 0. The third-order valence-electron chi connectivity index (χ3n) is 5.12. The van der Waals surface area contributed by atoms with Gasteiger partial charge in [0.1, 0.15) is 16.8 Å². The van der Waals surface area contributed by atoms with Crippen LogP contribution in [0.5, 0.6) is 0 Å². The van der Waals surface area contributed by atoms with Crippen LogP contribution in [0.3, 0.4) is 0 Å². The number of piperidine rings is 1. The molecule has 28 heavy (non-hydrogen) atoms. The van der Waals surface area contributed by atoms with Crippen LogP contribution in [-0.2, 0) is 0 Å². The standard InChI is InChI=1S/C21H19Cl2FN4/c1-3-4-14-12-25-28-20(14)26-19(23)18(16-6-5-15(24)11-17(16)22)21(28)27-9-7-13(2)8-10-27/h5-6,11-13H,7-10H2,1-2H3. The van der Waals surface area contributed by atoms with Gasteiger partial charge in [-0.15, -0.1) is 5.92 Å². The van der Waals surface area contributed by atoms with Crippen molar-refractivity contribution in [3.63, 3.8) is 0 Å². The molecule has 144 valence electrons. The molecule has 0 spiro atoms. The minimum Gasteiger partial charge on any atom is -0.356 e. The van der Waals surface area contributed by atoms with E-state index in [0.29, 0.717) is 33.4 Å².